The second kappa shape index (κ2) is 7.61. The maximum Gasteiger partial charge on any atom is 0.243 e. The van der Waals surface area contributed by atoms with Crippen LogP contribution in [0.5, 0.6) is 0 Å². The molecule has 0 spiro atoms. The molecule has 0 aromatic heterocycles. The van der Waals surface area contributed by atoms with Gasteiger partial charge in [0.1, 0.15) is 0 Å². The van der Waals surface area contributed by atoms with Crippen molar-refractivity contribution < 1.29 is 8.42 Å². The van der Waals surface area contributed by atoms with Crippen LogP contribution in [-0.2, 0) is 16.4 Å². The molecule has 2 rings (SSSR count). The van der Waals surface area contributed by atoms with E-state index in [-0.39, 0.29) is 0 Å². The van der Waals surface area contributed by atoms with Gasteiger partial charge < -0.3 is 0 Å². The Labute approximate surface area is 133 Å². The van der Waals surface area contributed by atoms with E-state index in [9.17, 15) is 8.42 Å². The van der Waals surface area contributed by atoms with E-state index in [1.807, 2.05) is 19.1 Å². The van der Waals surface area contributed by atoms with E-state index in [1.165, 1.54) is 0 Å². The molecule has 1 aliphatic carbocycles. The van der Waals surface area contributed by atoms with Crippen molar-refractivity contribution in [3.8, 4) is 0 Å². The first-order valence-corrected chi connectivity index (χ1v) is 9.70. The topological polar surface area (TPSA) is 37.4 Å². The maximum absolute atomic E-state index is 12.7. The molecule has 1 saturated carbocycles. The molecule has 21 heavy (non-hydrogen) atoms. The van der Waals surface area contributed by atoms with Gasteiger partial charge in [0.05, 0.1) is 4.90 Å². The van der Waals surface area contributed by atoms with Crippen LogP contribution in [0.4, 0.5) is 0 Å². The Hall–Kier alpha value is -0.580. The van der Waals surface area contributed by atoms with Crippen LogP contribution in [0.2, 0.25) is 0 Å². The van der Waals surface area contributed by atoms with E-state index in [1.54, 1.807) is 16.4 Å². The van der Waals surface area contributed by atoms with E-state index < -0.39 is 10.0 Å². The summed E-state index contributed by atoms with van der Waals surface area (Å²) >= 11 is 5.68. The minimum absolute atomic E-state index is 0.409. The zero-order valence-electron chi connectivity index (χ0n) is 12.6. The third-order valence-electron chi connectivity index (χ3n) is 3.79. The minimum Gasteiger partial charge on any atom is -0.207 e. The first kappa shape index (κ1) is 16.8. The zero-order chi connectivity index (χ0) is 15.3. The molecule has 0 saturated heterocycles. The molecule has 0 heterocycles. The van der Waals surface area contributed by atoms with Crippen molar-refractivity contribution in [3.05, 3.63) is 29.8 Å². The van der Waals surface area contributed by atoms with Gasteiger partial charge >= 0.3 is 0 Å². The smallest absolute Gasteiger partial charge is 0.207 e. The van der Waals surface area contributed by atoms with E-state index in [0.29, 0.717) is 29.8 Å². The van der Waals surface area contributed by atoms with Gasteiger partial charge in [-0.2, -0.15) is 4.31 Å². The van der Waals surface area contributed by atoms with Gasteiger partial charge in [-0.3, -0.25) is 0 Å². The lowest BCUT2D eigenvalue weighted by atomic mass is 10.1. The summed E-state index contributed by atoms with van der Waals surface area (Å²) in [4.78, 5) is 0.409. The molecule has 1 aromatic rings. The Morgan fingerprint density at radius 3 is 2.43 bits per heavy atom. The number of aryl methyl sites for hydroxylation is 1. The second-order valence-electron chi connectivity index (χ2n) is 5.74. The van der Waals surface area contributed by atoms with Crippen molar-refractivity contribution >= 4 is 21.6 Å². The Bertz CT molecular complexity index is 538. The van der Waals surface area contributed by atoms with Gasteiger partial charge in [0.25, 0.3) is 0 Å². The SMILES string of the molecule is CCCN(CC1CC1)S(=O)(=O)c1ccc(CCCCl)cc1. The fraction of sp³-hybridized carbons (Fsp3) is 0.625. The van der Waals surface area contributed by atoms with Crippen LogP contribution in [-0.4, -0.2) is 31.7 Å². The number of hydrogen-bond donors (Lipinski definition) is 0. The van der Waals surface area contributed by atoms with Gasteiger partial charge in [-0.25, -0.2) is 8.42 Å². The molecule has 0 aliphatic heterocycles. The van der Waals surface area contributed by atoms with E-state index in [0.717, 1.165) is 37.7 Å². The van der Waals surface area contributed by atoms with Gasteiger partial charge in [-0.05, 0) is 55.7 Å². The summed E-state index contributed by atoms with van der Waals surface area (Å²) in [6, 6.07) is 7.27. The quantitative estimate of drug-likeness (QED) is 0.648. The molecule has 0 N–H and O–H groups in total. The lowest BCUT2D eigenvalue weighted by Gasteiger charge is -2.21. The number of rotatable bonds is 9. The fourth-order valence-corrected chi connectivity index (χ4v) is 4.14. The van der Waals surface area contributed by atoms with Crippen LogP contribution >= 0.6 is 11.6 Å². The number of sulfonamides is 1. The van der Waals surface area contributed by atoms with Gasteiger partial charge in [0.2, 0.25) is 10.0 Å². The van der Waals surface area contributed by atoms with Crippen LogP contribution in [0.25, 0.3) is 0 Å². The number of hydrogen-bond acceptors (Lipinski definition) is 2. The Morgan fingerprint density at radius 2 is 1.90 bits per heavy atom. The third kappa shape index (κ3) is 4.70. The largest absolute Gasteiger partial charge is 0.243 e. The molecule has 0 bridgehead atoms. The number of halogens is 1. The Kier molecular flexibility index (Phi) is 6.08. The summed E-state index contributed by atoms with van der Waals surface area (Å²) < 4.78 is 27.1. The van der Waals surface area contributed by atoms with Crippen molar-refractivity contribution in [1.82, 2.24) is 4.31 Å². The summed E-state index contributed by atoms with van der Waals surface area (Å²) in [5, 5.41) is 0. The highest BCUT2D eigenvalue weighted by atomic mass is 35.5. The van der Waals surface area contributed by atoms with Gasteiger partial charge in [0.15, 0.2) is 0 Å². The average molecular weight is 330 g/mol. The summed E-state index contributed by atoms with van der Waals surface area (Å²) in [5.74, 6) is 1.19. The monoisotopic (exact) mass is 329 g/mol. The van der Waals surface area contributed by atoms with Crippen LogP contribution in [0.1, 0.15) is 38.2 Å². The Balaban J connectivity index is 2.12. The molecule has 1 fully saturated rings. The molecule has 118 valence electrons. The highest BCUT2D eigenvalue weighted by Crippen LogP contribution is 2.31. The predicted molar refractivity (Wildman–Crippen MR) is 87.3 cm³/mol. The maximum atomic E-state index is 12.7. The summed E-state index contributed by atoms with van der Waals surface area (Å²) in [7, 11) is -3.35. The molecule has 0 amide bonds. The number of benzene rings is 1. The van der Waals surface area contributed by atoms with Crippen LogP contribution in [0.3, 0.4) is 0 Å². The lowest BCUT2D eigenvalue weighted by molar-refractivity contribution is 0.395. The average Bonchev–Trinajstić information content (AvgIpc) is 3.29. The highest BCUT2D eigenvalue weighted by Gasteiger charge is 2.31. The molecule has 3 nitrogen and oxygen atoms in total. The van der Waals surface area contributed by atoms with Crippen molar-refractivity contribution in [2.75, 3.05) is 19.0 Å². The molecule has 1 aromatic carbocycles. The van der Waals surface area contributed by atoms with Crippen LogP contribution in [0, 0.1) is 5.92 Å². The molecule has 0 radical (unpaired) electrons. The molecular weight excluding hydrogens is 306 g/mol. The molecule has 5 heteroatoms. The third-order valence-corrected chi connectivity index (χ3v) is 5.94. The minimum atomic E-state index is -3.35. The second-order valence-corrected chi connectivity index (χ2v) is 8.06. The summed E-state index contributed by atoms with van der Waals surface area (Å²) in [6.45, 7) is 3.29. The van der Waals surface area contributed by atoms with Gasteiger partial charge in [0, 0.05) is 19.0 Å². The highest BCUT2D eigenvalue weighted by molar-refractivity contribution is 7.89. The Morgan fingerprint density at radius 1 is 1.24 bits per heavy atom. The predicted octanol–water partition coefficient (Wildman–Crippen LogP) is 3.67. The number of nitrogens with zero attached hydrogens (tertiary/aromatic N) is 1. The fourth-order valence-electron chi connectivity index (χ4n) is 2.40. The van der Waals surface area contributed by atoms with Crippen LogP contribution < -0.4 is 0 Å². The van der Waals surface area contributed by atoms with E-state index in [4.69, 9.17) is 11.6 Å². The molecule has 0 unspecified atom stereocenters. The molecule has 0 atom stereocenters. The van der Waals surface area contributed by atoms with E-state index in [2.05, 4.69) is 0 Å². The van der Waals surface area contributed by atoms with E-state index >= 15 is 0 Å². The van der Waals surface area contributed by atoms with Crippen molar-refractivity contribution in [2.24, 2.45) is 5.92 Å². The van der Waals surface area contributed by atoms with Crippen LogP contribution in [0.15, 0.2) is 29.2 Å². The van der Waals surface area contributed by atoms with Crippen molar-refractivity contribution in [2.45, 2.75) is 43.9 Å². The normalized spacial score (nSPS) is 15.6. The van der Waals surface area contributed by atoms with Gasteiger partial charge in [-0.15, -0.1) is 11.6 Å². The molecular formula is C16H24ClNO2S. The first-order chi connectivity index (χ1) is 10.1. The zero-order valence-corrected chi connectivity index (χ0v) is 14.2. The summed E-state index contributed by atoms with van der Waals surface area (Å²) in [6.07, 6.45) is 4.97. The first-order valence-electron chi connectivity index (χ1n) is 7.73. The van der Waals surface area contributed by atoms with Crippen molar-refractivity contribution in [3.63, 3.8) is 0 Å². The summed E-state index contributed by atoms with van der Waals surface area (Å²) in [5.41, 5.74) is 1.14. The number of alkyl halides is 1. The van der Waals surface area contributed by atoms with Crippen molar-refractivity contribution in [1.29, 1.82) is 0 Å². The standard InChI is InChI=1S/C16H24ClNO2S/c1-2-12-18(13-15-5-6-15)21(19,20)16-9-7-14(8-10-16)4-3-11-17/h7-10,15H,2-6,11-13H2,1H3. The van der Waals surface area contributed by atoms with Gasteiger partial charge in [-0.1, -0.05) is 19.1 Å². The lowest BCUT2D eigenvalue weighted by Crippen LogP contribution is -2.33. The molecule has 1 aliphatic rings.